The van der Waals surface area contributed by atoms with E-state index in [-0.39, 0.29) is 31.6 Å². The van der Waals surface area contributed by atoms with Gasteiger partial charge >= 0.3 is 12.1 Å². The van der Waals surface area contributed by atoms with E-state index >= 15 is 0 Å². The Morgan fingerprint density at radius 3 is 2.33 bits per heavy atom. The number of carbonyl (C=O) groups is 1. The van der Waals surface area contributed by atoms with Gasteiger partial charge in [0.2, 0.25) is 0 Å². The lowest BCUT2D eigenvalue weighted by atomic mass is 9.95. The number of halogens is 4. The maximum Gasteiger partial charge on any atom is 0.391 e. The Bertz CT molecular complexity index is 552. The largest absolute Gasteiger partial charge is 0.478 e. The molecule has 1 saturated heterocycles. The van der Waals surface area contributed by atoms with Crippen LogP contribution in [-0.4, -0.2) is 30.3 Å². The summed E-state index contributed by atoms with van der Waals surface area (Å²) in [6.07, 6.45) is -4.50. The standard InChI is InChI=1S/C13H14F4N2O2/c14-8-1-2-9(10(11(8)18)12(20)21)19-5-3-7(4-6-19)13(15,16)17/h1-2,7H,3-6,18H2,(H,20,21). The topological polar surface area (TPSA) is 66.6 Å². The number of carboxylic acids is 1. The highest BCUT2D eigenvalue weighted by Crippen LogP contribution is 2.37. The van der Waals surface area contributed by atoms with E-state index in [1.807, 2.05) is 0 Å². The van der Waals surface area contributed by atoms with E-state index in [0.29, 0.717) is 0 Å². The van der Waals surface area contributed by atoms with Gasteiger partial charge in [0, 0.05) is 13.1 Å². The van der Waals surface area contributed by atoms with Crippen molar-refractivity contribution < 1.29 is 27.5 Å². The lowest BCUT2D eigenvalue weighted by Gasteiger charge is -2.35. The predicted molar refractivity (Wildman–Crippen MR) is 68.8 cm³/mol. The average Bonchev–Trinajstić information content (AvgIpc) is 2.40. The van der Waals surface area contributed by atoms with Gasteiger partial charge in [0.15, 0.2) is 0 Å². The van der Waals surface area contributed by atoms with Crippen LogP contribution in [0.5, 0.6) is 0 Å². The van der Waals surface area contributed by atoms with Crippen molar-refractivity contribution in [3.05, 3.63) is 23.5 Å². The zero-order valence-corrected chi connectivity index (χ0v) is 11.0. The van der Waals surface area contributed by atoms with Crippen LogP contribution in [0.3, 0.4) is 0 Å². The maximum atomic E-state index is 13.3. The first kappa shape index (κ1) is 15.4. The van der Waals surface area contributed by atoms with Crippen LogP contribution in [0.1, 0.15) is 23.2 Å². The Balaban J connectivity index is 2.25. The van der Waals surface area contributed by atoms with Gasteiger partial charge in [-0.2, -0.15) is 13.2 Å². The number of hydrogen-bond donors (Lipinski definition) is 2. The SMILES string of the molecule is Nc1c(F)ccc(N2CCC(C(F)(F)F)CC2)c1C(=O)O. The smallest absolute Gasteiger partial charge is 0.391 e. The zero-order chi connectivity index (χ0) is 15.8. The maximum absolute atomic E-state index is 13.3. The van der Waals surface area contributed by atoms with Crippen molar-refractivity contribution in [3.8, 4) is 0 Å². The lowest BCUT2D eigenvalue weighted by molar-refractivity contribution is -0.179. The Morgan fingerprint density at radius 1 is 1.29 bits per heavy atom. The Morgan fingerprint density at radius 2 is 1.86 bits per heavy atom. The molecule has 1 aromatic carbocycles. The monoisotopic (exact) mass is 306 g/mol. The van der Waals surface area contributed by atoms with Crippen LogP contribution in [-0.2, 0) is 0 Å². The highest BCUT2D eigenvalue weighted by molar-refractivity contribution is 6.00. The number of nitrogen functional groups attached to an aromatic ring is 1. The van der Waals surface area contributed by atoms with Gasteiger partial charge in [0.25, 0.3) is 0 Å². The van der Waals surface area contributed by atoms with Crippen LogP contribution in [0, 0.1) is 11.7 Å². The minimum absolute atomic E-state index is 0.0511. The van der Waals surface area contributed by atoms with Crippen molar-refractivity contribution >= 4 is 17.3 Å². The van der Waals surface area contributed by atoms with Crippen molar-refractivity contribution in [1.29, 1.82) is 0 Å². The van der Waals surface area contributed by atoms with E-state index in [0.717, 1.165) is 6.07 Å². The number of alkyl halides is 3. The Hall–Kier alpha value is -1.99. The molecule has 0 radical (unpaired) electrons. The van der Waals surface area contributed by atoms with Gasteiger partial charge in [-0.25, -0.2) is 9.18 Å². The fraction of sp³-hybridized carbons (Fsp3) is 0.462. The number of nitrogens with two attached hydrogens (primary N) is 1. The summed E-state index contributed by atoms with van der Waals surface area (Å²) < 4.78 is 51.2. The van der Waals surface area contributed by atoms with Gasteiger partial charge < -0.3 is 15.7 Å². The molecule has 1 fully saturated rings. The third-order valence-corrected chi connectivity index (χ3v) is 3.68. The molecule has 0 bridgehead atoms. The molecule has 1 heterocycles. The summed E-state index contributed by atoms with van der Waals surface area (Å²) in [5, 5.41) is 9.13. The molecule has 0 aromatic heterocycles. The summed E-state index contributed by atoms with van der Waals surface area (Å²) in [5.41, 5.74) is 4.68. The van der Waals surface area contributed by atoms with E-state index in [9.17, 15) is 22.4 Å². The summed E-state index contributed by atoms with van der Waals surface area (Å²) in [7, 11) is 0. The number of benzene rings is 1. The first-order valence-electron chi connectivity index (χ1n) is 6.34. The predicted octanol–water partition coefficient (Wildman–Crippen LogP) is 2.88. The highest BCUT2D eigenvalue weighted by atomic mass is 19.4. The fourth-order valence-electron chi connectivity index (χ4n) is 2.52. The summed E-state index contributed by atoms with van der Waals surface area (Å²) in [6, 6.07) is 2.26. The minimum Gasteiger partial charge on any atom is -0.478 e. The second kappa shape index (κ2) is 5.42. The van der Waals surface area contributed by atoms with Crippen LogP contribution >= 0.6 is 0 Å². The van der Waals surface area contributed by atoms with Crippen LogP contribution in [0.2, 0.25) is 0 Å². The molecule has 0 amide bonds. The van der Waals surface area contributed by atoms with Gasteiger partial charge in [0.1, 0.15) is 11.4 Å². The molecule has 0 unspecified atom stereocenters. The van der Waals surface area contributed by atoms with Crippen LogP contribution < -0.4 is 10.6 Å². The van der Waals surface area contributed by atoms with E-state index < -0.39 is 35.1 Å². The van der Waals surface area contributed by atoms with Gasteiger partial charge in [-0.05, 0) is 25.0 Å². The van der Waals surface area contributed by atoms with Crippen molar-refractivity contribution in [3.63, 3.8) is 0 Å². The van der Waals surface area contributed by atoms with Crippen molar-refractivity contribution in [2.24, 2.45) is 5.92 Å². The van der Waals surface area contributed by atoms with Crippen molar-refractivity contribution in [2.75, 3.05) is 23.7 Å². The number of carboxylic acid groups (broad SMARTS) is 1. The molecule has 2 rings (SSSR count). The summed E-state index contributed by atoms with van der Waals surface area (Å²) in [4.78, 5) is 12.7. The molecule has 3 N–H and O–H groups in total. The zero-order valence-electron chi connectivity index (χ0n) is 11.0. The van der Waals surface area contributed by atoms with Crippen molar-refractivity contribution in [2.45, 2.75) is 19.0 Å². The molecule has 0 spiro atoms. The lowest BCUT2D eigenvalue weighted by Crippen LogP contribution is -2.39. The molecular weight excluding hydrogens is 292 g/mol. The second-order valence-electron chi connectivity index (χ2n) is 4.96. The van der Waals surface area contributed by atoms with E-state index in [1.165, 1.54) is 11.0 Å². The summed E-state index contributed by atoms with van der Waals surface area (Å²) in [5.74, 6) is -3.65. The number of nitrogens with zero attached hydrogens (tertiary/aromatic N) is 1. The number of aromatic carboxylic acids is 1. The molecule has 0 atom stereocenters. The molecule has 0 aliphatic carbocycles. The third-order valence-electron chi connectivity index (χ3n) is 3.68. The summed E-state index contributed by atoms with van der Waals surface area (Å²) >= 11 is 0. The first-order chi connectivity index (χ1) is 9.71. The molecule has 4 nitrogen and oxygen atoms in total. The van der Waals surface area contributed by atoms with Crippen LogP contribution in [0.15, 0.2) is 12.1 Å². The highest BCUT2D eigenvalue weighted by Gasteiger charge is 2.41. The van der Waals surface area contributed by atoms with E-state index in [4.69, 9.17) is 10.8 Å². The molecular formula is C13H14F4N2O2. The molecule has 1 aliphatic heterocycles. The number of hydrogen-bond acceptors (Lipinski definition) is 3. The van der Waals surface area contributed by atoms with Gasteiger partial charge in [-0.1, -0.05) is 0 Å². The first-order valence-corrected chi connectivity index (χ1v) is 6.34. The summed E-state index contributed by atoms with van der Waals surface area (Å²) in [6.45, 7) is 0.102. The third kappa shape index (κ3) is 3.03. The minimum atomic E-state index is -4.25. The molecule has 1 aromatic rings. The average molecular weight is 306 g/mol. The van der Waals surface area contributed by atoms with Gasteiger partial charge in [-0.3, -0.25) is 0 Å². The Labute approximate surface area is 118 Å². The van der Waals surface area contributed by atoms with Gasteiger partial charge in [0.05, 0.1) is 17.3 Å². The molecule has 8 heteroatoms. The van der Waals surface area contributed by atoms with Gasteiger partial charge in [-0.15, -0.1) is 0 Å². The van der Waals surface area contributed by atoms with Crippen molar-refractivity contribution in [1.82, 2.24) is 0 Å². The molecule has 21 heavy (non-hydrogen) atoms. The Kier molecular flexibility index (Phi) is 3.97. The number of anilines is 2. The van der Waals surface area contributed by atoms with Crippen LogP contribution in [0.4, 0.5) is 28.9 Å². The van der Waals surface area contributed by atoms with E-state index in [1.54, 1.807) is 0 Å². The molecule has 0 saturated carbocycles. The quantitative estimate of drug-likeness (QED) is 0.651. The van der Waals surface area contributed by atoms with Crippen LogP contribution in [0.25, 0.3) is 0 Å². The normalized spacial score (nSPS) is 17.0. The van der Waals surface area contributed by atoms with E-state index in [2.05, 4.69) is 0 Å². The fourth-order valence-corrected chi connectivity index (χ4v) is 2.52. The molecule has 116 valence electrons. The molecule has 1 aliphatic rings. The number of piperidine rings is 1. The second-order valence-corrected chi connectivity index (χ2v) is 4.96. The number of rotatable bonds is 2.